The molecule has 1 fully saturated rings. The number of nitrogens with zero attached hydrogens (tertiary/aromatic N) is 4. The zero-order chi connectivity index (χ0) is 13.3. The zero-order valence-electron chi connectivity index (χ0n) is 10.8. The summed E-state index contributed by atoms with van der Waals surface area (Å²) in [5, 5.41) is 12.9. The van der Waals surface area contributed by atoms with Crippen LogP contribution in [0.3, 0.4) is 0 Å². The van der Waals surface area contributed by atoms with Gasteiger partial charge >= 0.3 is 6.09 Å². The second kappa shape index (κ2) is 4.83. The predicted octanol–water partition coefficient (Wildman–Crippen LogP) is 1.38. The molecule has 0 aromatic carbocycles. The molecule has 1 atom stereocenters. The smallest absolute Gasteiger partial charge is 0.407 e. The van der Waals surface area contributed by atoms with Gasteiger partial charge in [-0.3, -0.25) is 0 Å². The van der Waals surface area contributed by atoms with Gasteiger partial charge in [0.25, 0.3) is 5.95 Å². The summed E-state index contributed by atoms with van der Waals surface area (Å²) < 4.78 is 5.16. The fourth-order valence-electron chi connectivity index (χ4n) is 2.01. The number of amides is 1. The number of carboxylic acid groups (broad SMARTS) is 1. The summed E-state index contributed by atoms with van der Waals surface area (Å²) in [6, 6.07) is -0.0720. The van der Waals surface area contributed by atoms with E-state index in [1.54, 1.807) is 0 Å². The van der Waals surface area contributed by atoms with Crippen molar-refractivity contribution in [1.29, 1.82) is 0 Å². The second-order valence-electron chi connectivity index (χ2n) is 4.86. The maximum Gasteiger partial charge on any atom is 0.407 e. The first-order valence-corrected chi connectivity index (χ1v) is 6.07. The molecule has 18 heavy (non-hydrogen) atoms. The quantitative estimate of drug-likeness (QED) is 0.858. The number of aromatic nitrogens is 2. The average Bonchev–Trinajstić information content (AvgIpc) is 2.77. The van der Waals surface area contributed by atoms with E-state index in [1.807, 2.05) is 25.7 Å². The molecule has 7 heteroatoms. The van der Waals surface area contributed by atoms with Gasteiger partial charge in [0, 0.05) is 31.6 Å². The molecule has 1 amide bonds. The van der Waals surface area contributed by atoms with Crippen molar-refractivity contribution in [3.63, 3.8) is 0 Å². The summed E-state index contributed by atoms with van der Waals surface area (Å²) in [6.07, 6.45) is -0.877. The van der Waals surface area contributed by atoms with Gasteiger partial charge in [0.15, 0.2) is 0 Å². The molecule has 1 N–H and O–H groups in total. The van der Waals surface area contributed by atoms with E-state index in [-0.39, 0.29) is 12.0 Å². The molecule has 2 heterocycles. The van der Waals surface area contributed by atoms with Gasteiger partial charge < -0.3 is 19.4 Å². The maximum absolute atomic E-state index is 11.0. The Bertz CT molecular complexity index is 432. The van der Waals surface area contributed by atoms with Crippen LogP contribution in [-0.2, 0) is 0 Å². The molecule has 2 rings (SSSR count). The van der Waals surface area contributed by atoms with E-state index < -0.39 is 6.09 Å². The molecule has 1 aliphatic heterocycles. The van der Waals surface area contributed by atoms with Crippen LogP contribution in [0.2, 0.25) is 0 Å². The van der Waals surface area contributed by atoms with Crippen LogP contribution in [0.4, 0.5) is 10.7 Å². The molecule has 0 bridgehead atoms. The fraction of sp³-hybridized carbons (Fsp3) is 0.727. The monoisotopic (exact) mass is 254 g/mol. The lowest BCUT2D eigenvalue weighted by molar-refractivity contribution is 0.122. The molecule has 7 nitrogen and oxygen atoms in total. The Kier molecular flexibility index (Phi) is 3.40. The topological polar surface area (TPSA) is 82.7 Å². The van der Waals surface area contributed by atoms with Gasteiger partial charge in [-0.1, -0.05) is 13.8 Å². The summed E-state index contributed by atoms with van der Waals surface area (Å²) in [5.74, 6) is 1.36. The van der Waals surface area contributed by atoms with Gasteiger partial charge in [0.2, 0.25) is 5.89 Å². The van der Waals surface area contributed by atoms with Crippen LogP contribution in [0.25, 0.3) is 0 Å². The van der Waals surface area contributed by atoms with E-state index in [2.05, 4.69) is 10.1 Å². The van der Waals surface area contributed by atoms with Gasteiger partial charge in [-0.25, -0.2) is 4.79 Å². The first kappa shape index (κ1) is 12.7. The molecule has 0 spiro atoms. The molecule has 1 unspecified atom stereocenters. The number of anilines is 1. The lowest BCUT2D eigenvalue weighted by Gasteiger charge is -2.37. The largest absolute Gasteiger partial charge is 0.465 e. The second-order valence-corrected chi connectivity index (χ2v) is 4.86. The molecule has 1 aromatic rings. The van der Waals surface area contributed by atoms with Gasteiger partial charge in [0.1, 0.15) is 0 Å². The third-order valence-electron chi connectivity index (χ3n) is 3.08. The van der Waals surface area contributed by atoms with Crippen molar-refractivity contribution in [3.8, 4) is 0 Å². The van der Waals surface area contributed by atoms with Crippen LogP contribution in [0, 0.1) is 0 Å². The Labute approximate surface area is 105 Å². The summed E-state index contributed by atoms with van der Waals surface area (Å²) in [7, 11) is 0. The summed E-state index contributed by atoms with van der Waals surface area (Å²) in [4.78, 5) is 18.7. The number of hydrogen-bond acceptors (Lipinski definition) is 5. The van der Waals surface area contributed by atoms with Crippen LogP contribution >= 0.6 is 0 Å². The van der Waals surface area contributed by atoms with Crippen LogP contribution in [0.5, 0.6) is 0 Å². The Morgan fingerprint density at radius 3 is 2.72 bits per heavy atom. The number of rotatable bonds is 2. The minimum Gasteiger partial charge on any atom is -0.465 e. The van der Waals surface area contributed by atoms with E-state index in [0.717, 1.165) is 0 Å². The highest BCUT2D eigenvalue weighted by atomic mass is 16.5. The fourth-order valence-corrected chi connectivity index (χ4v) is 2.01. The Morgan fingerprint density at radius 2 is 2.22 bits per heavy atom. The highest BCUT2D eigenvalue weighted by Gasteiger charge is 2.29. The molecule has 1 saturated heterocycles. The van der Waals surface area contributed by atoms with Gasteiger partial charge in [-0.15, -0.1) is 0 Å². The molecular formula is C11H18N4O3. The van der Waals surface area contributed by atoms with Crippen LogP contribution < -0.4 is 4.90 Å². The van der Waals surface area contributed by atoms with Crippen molar-refractivity contribution in [2.75, 3.05) is 24.5 Å². The van der Waals surface area contributed by atoms with Crippen molar-refractivity contribution in [3.05, 3.63) is 5.89 Å². The molecule has 0 saturated carbocycles. The van der Waals surface area contributed by atoms with Crippen LogP contribution in [0.1, 0.15) is 32.6 Å². The third kappa shape index (κ3) is 2.39. The highest BCUT2D eigenvalue weighted by Crippen LogP contribution is 2.19. The normalized spacial score (nSPS) is 20.6. The average molecular weight is 254 g/mol. The number of hydrogen-bond donors (Lipinski definition) is 1. The van der Waals surface area contributed by atoms with Gasteiger partial charge in [-0.2, -0.15) is 4.98 Å². The number of piperazine rings is 1. The summed E-state index contributed by atoms with van der Waals surface area (Å²) in [6.45, 7) is 7.49. The first-order valence-electron chi connectivity index (χ1n) is 6.07. The molecule has 0 radical (unpaired) electrons. The Morgan fingerprint density at radius 1 is 1.50 bits per heavy atom. The molecule has 1 aliphatic rings. The number of carbonyl (C=O) groups is 1. The Balaban J connectivity index is 2.05. The van der Waals surface area contributed by atoms with Crippen molar-refractivity contribution >= 4 is 12.0 Å². The zero-order valence-corrected chi connectivity index (χ0v) is 10.8. The van der Waals surface area contributed by atoms with Gasteiger partial charge in [0.05, 0.1) is 0 Å². The van der Waals surface area contributed by atoms with Crippen molar-refractivity contribution in [1.82, 2.24) is 15.0 Å². The summed E-state index contributed by atoms with van der Waals surface area (Å²) in [5.41, 5.74) is 0. The maximum atomic E-state index is 11.0. The van der Waals surface area contributed by atoms with Crippen LogP contribution in [0.15, 0.2) is 4.52 Å². The lowest BCUT2D eigenvalue weighted by atomic mass is 10.2. The minimum atomic E-state index is -0.877. The van der Waals surface area contributed by atoms with Crippen molar-refractivity contribution < 1.29 is 14.4 Å². The first-order chi connectivity index (χ1) is 8.49. The third-order valence-corrected chi connectivity index (χ3v) is 3.08. The van der Waals surface area contributed by atoms with Crippen LogP contribution in [-0.4, -0.2) is 51.9 Å². The van der Waals surface area contributed by atoms with Crippen molar-refractivity contribution in [2.24, 2.45) is 0 Å². The van der Waals surface area contributed by atoms with Crippen molar-refractivity contribution in [2.45, 2.75) is 32.7 Å². The summed E-state index contributed by atoms with van der Waals surface area (Å²) >= 11 is 0. The SMILES string of the molecule is CC(C)c1nc(N2CCN(C(=O)O)C(C)C2)no1. The Hall–Kier alpha value is -1.79. The lowest BCUT2D eigenvalue weighted by Crippen LogP contribution is -2.54. The van der Waals surface area contributed by atoms with E-state index >= 15 is 0 Å². The van der Waals surface area contributed by atoms with E-state index in [1.165, 1.54) is 4.90 Å². The van der Waals surface area contributed by atoms with E-state index in [4.69, 9.17) is 9.63 Å². The van der Waals surface area contributed by atoms with Gasteiger partial charge in [-0.05, 0) is 12.1 Å². The molecule has 100 valence electrons. The van der Waals surface area contributed by atoms with E-state index in [0.29, 0.717) is 31.5 Å². The highest BCUT2D eigenvalue weighted by molar-refractivity contribution is 5.66. The minimum absolute atomic E-state index is 0.0720. The molecule has 0 aliphatic carbocycles. The molecule has 1 aromatic heterocycles. The predicted molar refractivity (Wildman–Crippen MR) is 64.8 cm³/mol. The van der Waals surface area contributed by atoms with E-state index in [9.17, 15) is 4.79 Å². The standard InChI is InChI=1S/C11H18N4O3/c1-7(2)9-12-10(13-18-9)14-4-5-15(11(16)17)8(3)6-14/h7-8H,4-6H2,1-3H3,(H,16,17). The molecular weight excluding hydrogens is 236 g/mol.